The third-order valence-corrected chi connectivity index (χ3v) is 4.39. The highest BCUT2D eigenvalue weighted by Gasteiger charge is 2.33. The van der Waals surface area contributed by atoms with Crippen LogP contribution >= 0.6 is 23.7 Å². The van der Waals surface area contributed by atoms with Crippen LogP contribution in [0.5, 0.6) is 0 Å². The van der Waals surface area contributed by atoms with Crippen LogP contribution in [-0.4, -0.2) is 16.3 Å². The first kappa shape index (κ1) is 15.3. The fourth-order valence-electron chi connectivity index (χ4n) is 2.60. The van der Waals surface area contributed by atoms with Crippen molar-refractivity contribution in [2.24, 2.45) is 0 Å². The molecule has 1 aromatic heterocycles. The minimum Gasteiger partial charge on any atom is -0.394 e. The highest BCUT2D eigenvalue weighted by molar-refractivity contribution is 7.16. The minimum absolute atomic E-state index is 0. The van der Waals surface area contributed by atoms with Gasteiger partial charge >= 0.3 is 6.18 Å². The number of hydrogen-bond acceptors (Lipinski definition) is 3. The van der Waals surface area contributed by atoms with Crippen LogP contribution in [0, 0.1) is 5.41 Å². The molecule has 3 rings (SSSR count). The molecule has 0 amide bonds. The Morgan fingerprint density at radius 2 is 2.10 bits per heavy atom. The lowest BCUT2D eigenvalue weighted by atomic mass is 9.97. The molecule has 0 saturated heterocycles. The van der Waals surface area contributed by atoms with Crippen molar-refractivity contribution in [3.63, 3.8) is 0 Å². The Labute approximate surface area is 122 Å². The standard InChI is InChI=1S/C12H11F3N2OS.ClH/c13-12(14,15)7-3-6-1-2-8(5-18)17-10(6)9(4-7)19-11(17)16;/h3-4,8,16,18H,1-2,5H2;1H/t8-;/m1./s1. The molecular formula is C12H12ClF3N2OS. The molecule has 0 aliphatic carbocycles. The summed E-state index contributed by atoms with van der Waals surface area (Å²) in [7, 11) is 0. The molecule has 20 heavy (non-hydrogen) atoms. The van der Waals surface area contributed by atoms with E-state index in [2.05, 4.69) is 0 Å². The Balaban J connectivity index is 0.00000147. The monoisotopic (exact) mass is 324 g/mol. The van der Waals surface area contributed by atoms with E-state index in [4.69, 9.17) is 5.41 Å². The fourth-order valence-corrected chi connectivity index (χ4v) is 3.66. The van der Waals surface area contributed by atoms with E-state index in [9.17, 15) is 18.3 Å². The molecule has 8 heteroatoms. The van der Waals surface area contributed by atoms with Crippen molar-refractivity contribution in [2.75, 3.05) is 6.61 Å². The molecule has 110 valence electrons. The van der Waals surface area contributed by atoms with Crippen LogP contribution in [0.4, 0.5) is 13.2 Å². The number of nitrogens with one attached hydrogen (secondary N) is 1. The number of aliphatic hydroxyl groups excluding tert-OH is 1. The highest BCUT2D eigenvalue weighted by atomic mass is 35.5. The van der Waals surface area contributed by atoms with Crippen LogP contribution in [0.3, 0.4) is 0 Å². The largest absolute Gasteiger partial charge is 0.416 e. The summed E-state index contributed by atoms with van der Waals surface area (Å²) in [5.41, 5.74) is 0.628. The van der Waals surface area contributed by atoms with Gasteiger partial charge in [-0.1, -0.05) is 11.3 Å². The number of rotatable bonds is 1. The molecule has 2 heterocycles. The fraction of sp³-hybridized carbons (Fsp3) is 0.417. The molecule has 0 saturated carbocycles. The second kappa shape index (κ2) is 5.05. The summed E-state index contributed by atoms with van der Waals surface area (Å²) < 4.78 is 40.6. The predicted octanol–water partition coefficient (Wildman–Crippen LogP) is 3.10. The summed E-state index contributed by atoms with van der Waals surface area (Å²) in [4.78, 5) is 0.189. The Kier molecular flexibility index (Phi) is 3.88. The Morgan fingerprint density at radius 1 is 1.40 bits per heavy atom. The Bertz CT molecular complexity index is 707. The van der Waals surface area contributed by atoms with Gasteiger partial charge in [0, 0.05) is 0 Å². The molecular weight excluding hydrogens is 313 g/mol. The van der Waals surface area contributed by atoms with Gasteiger partial charge in [0.15, 0.2) is 4.80 Å². The van der Waals surface area contributed by atoms with E-state index in [1.54, 1.807) is 4.57 Å². The maximum atomic E-state index is 12.8. The first-order valence-corrected chi connectivity index (χ1v) is 6.64. The summed E-state index contributed by atoms with van der Waals surface area (Å²) in [6.45, 7) is -0.0944. The van der Waals surface area contributed by atoms with E-state index in [0.29, 0.717) is 28.6 Å². The molecule has 3 nitrogen and oxygen atoms in total. The van der Waals surface area contributed by atoms with Crippen LogP contribution in [0.1, 0.15) is 23.6 Å². The number of hydrogen-bond donors (Lipinski definition) is 2. The van der Waals surface area contributed by atoms with Gasteiger partial charge in [0.1, 0.15) is 0 Å². The average Bonchev–Trinajstić information content (AvgIpc) is 2.67. The van der Waals surface area contributed by atoms with Crippen molar-refractivity contribution in [2.45, 2.75) is 25.1 Å². The van der Waals surface area contributed by atoms with Crippen LogP contribution in [0.15, 0.2) is 12.1 Å². The smallest absolute Gasteiger partial charge is 0.394 e. The molecule has 0 radical (unpaired) electrons. The zero-order valence-electron chi connectivity index (χ0n) is 10.2. The summed E-state index contributed by atoms with van der Waals surface area (Å²) in [5, 5.41) is 17.2. The lowest BCUT2D eigenvalue weighted by Crippen LogP contribution is -2.26. The van der Waals surface area contributed by atoms with E-state index < -0.39 is 11.7 Å². The van der Waals surface area contributed by atoms with Gasteiger partial charge in [-0.05, 0) is 30.5 Å². The molecule has 2 aromatic rings. The highest BCUT2D eigenvalue weighted by Crippen LogP contribution is 2.37. The summed E-state index contributed by atoms with van der Waals surface area (Å²) in [5.74, 6) is 0. The second-order valence-electron chi connectivity index (χ2n) is 4.63. The van der Waals surface area contributed by atoms with Crippen LogP contribution in [0.25, 0.3) is 10.2 Å². The number of aryl methyl sites for hydroxylation is 1. The molecule has 1 aromatic carbocycles. The number of alkyl halides is 3. The lowest BCUT2D eigenvalue weighted by Gasteiger charge is -2.24. The third kappa shape index (κ3) is 2.23. The van der Waals surface area contributed by atoms with Gasteiger partial charge in [-0.3, -0.25) is 5.41 Å². The predicted molar refractivity (Wildman–Crippen MR) is 72.4 cm³/mol. The zero-order chi connectivity index (χ0) is 13.8. The number of thiazole rings is 1. The van der Waals surface area contributed by atoms with E-state index in [0.717, 1.165) is 17.4 Å². The zero-order valence-corrected chi connectivity index (χ0v) is 11.8. The third-order valence-electron chi connectivity index (χ3n) is 3.47. The molecule has 1 aliphatic heterocycles. The molecule has 0 unspecified atom stereocenters. The van der Waals surface area contributed by atoms with Crippen molar-refractivity contribution in [3.05, 3.63) is 28.1 Å². The van der Waals surface area contributed by atoms with E-state index in [-0.39, 0.29) is 29.9 Å². The number of nitrogens with zero attached hydrogens (tertiary/aromatic N) is 1. The quantitative estimate of drug-likeness (QED) is 0.832. The van der Waals surface area contributed by atoms with Gasteiger partial charge in [0.25, 0.3) is 0 Å². The Morgan fingerprint density at radius 3 is 2.70 bits per heavy atom. The van der Waals surface area contributed by atoms with Gasteiger partial charge in [-0.15, -0.1) is 12.4 Å². The summed E-state index contributed by atoms with van der Waals surface area (Å²) in [6.07, 6.45) is -3.30. The topological polar surface area (TPSA) is 49.0 Å². The maximum Gasteiger partial charge on any atom is 0.416 e. The second-order valence-corrected chi connectivity index (χ2v) is 5.66. The number of benzene rings is 1. The van der Waals surface area contributed by atoms with Crippen LogP contribution < -0.4 is 4.80 Å². The van der Waals surface area contributed by atoms with Gasteiger partial charge < -0.3 is 9.67 Å². The Hall–Kier alpha value is -1.05. The first-order valence-electron chi connectivity index (χ1n) is 5.82. The molecule has 0 bridgehead atoms. The minimum atomic E-state index is -4.37. The number of aromatic nitrogens is 1. The van der Waals surface area contributed by atoms with Gasteiger partial charge in [0.2, 0.25) is 0 Å². The molecule has 0 spiro atoms. The van der Waals surface area contributed by atoms with E-state index in [1.165, 1.54) is 6.07 Å². The average molecular weight is 325 g/mol. The summed E-state index contributed by atoms with van der Waals surface area (Å²) >= 11 is 1.03. The van der Waals surface area contributed by atoms with Crippen LogP contribution in [-0.2, 0) is 12.6 Å². The first-order chi connectivity index (χ1) is 8.91. The van der Waals surface area contributed by atoms with E-state index in [1.807, 2.05) is 0 Å². The van der Waals surface area contributed by atoms with Crippen LogP contribution in [0.2, 0.25) is 0 Å². The SMILES string of the molecule is Cl.N=c1sc2cc(C(F)(F)F)cc3c2n1[C@@H](CO)CC3. The maximum absolute atomic E-state index is 12.8. The van der Waals surface area contributed by atoms with Gasteiger partial charge in [0.05, 0.1) is 28.4 Å². The van der Waals surface area contributed by atoms with Crippen molar-refractivity contribution in [1.29, 1.82) is 5.41 Å². The molecule has 0 fully saturated rings. The van der Waals surface area contributed by atoms with Crippen molar-refractivity contribution >= 4 is 34.0 Å². The normalized spacial score (nSPS) is 18.1. The summed E-state index contributed by atoms with van der Waals surface area (Å²) in [6, 6.07) is 2.06. The molecule has 1 atom stereocenters. The number of aliphatic hydroxyl groups is 1. The van der Waals surface area contributed by atoms with E-state index >= 15 is 0 Å². The van der Waals surface area contributed by atoms with Crippen molar-refractivity contribution < 1.29 is 18.3 Å². The lowest BCUT2D eigenvalue weighted by molar-refractivity contribution is -0.137. The molecule has 2 N–H and O–H groups in total. The van der Waals surface area contributed by atoms with Gasteiger partial charge in [-0.2, -0.15) is 13.2 Å². The van der Waals surface area contributed by atoms with Crippen molar-refractivity contribution in [1.82, 2.24) is 4.57 Å². The van der Waals surface area contributed by atoms with Crippen molar-refractivity contribution in [3.8, 4) is 0 Å². The number of halogens is 4. The van der Waals surface area contributed by atoms with Gasteiger partial charge in [-0.25, -0.2) is 0 Å². The molecule has 1 aliphatic rings.